The van der Waals surface area contributed by atoms with Gasteiger partial charge < -0.3 is 19.9 Å². The summed E-state index contributed by atoms with van der Waals surface area (Å²) in [6.07, 6.45) is 0. The van der Waals surface area contributed by atoms with E-state index in [2.05, 4.69) is 42.1 Å². The predicted octanol–water partition coefficient (Wildman–Crippen LogP) is 6.09. The second-order valence-electron chi connectivity index (χ2n) is 7.76. The van der Waals surface area contributed by atoms with Gasteiger partial charge in [-0.1, -0.05) is 27.5 Å². The summed E-state index contributed by atoms with van der Waals surface area (Å²) in [4.78, 5) is 29.6. The number of methoxy groups -OCH3 is 1. The molecule has 9 heteroatoms. The summed E-state index contributed by atoms with van der Waals surface area (Å²) < 4.78 is 6.84. The van der Waals surface area contributed by atoms with Crippen molar-refractivity contribution in [2.75, 3.05) is 43.5 Å². The van der Waals surface area contributed by atoms with E-state index in [1.54, 1.807) is 30.3 Å². The molecule has 1 aliphatic heterocycles. The van der Waals surface area contributed by atoms with Gasteiger partial charge in [0.05, 0.1) is 17.1 Å². The van der Waals surface area contributed by atoms with Gasteiger partial charge in [0, 0.05) is 52.6 Å². The number of benzene rings is 3. The third-order valence-corrected chi connectivity index (χ3v) is 6.90. The molecule has 0 spiro atoms. The number of carbonyl (C=O) groups is 2. The van der Waals surface area contributed by atoms with E-state index in [-0.39, 0.29) is 11.8 Å². The summed E-state index contributed by atoms with van der Waals surface area (Å²) in [7, 11) is 1.53. The molecule has 0 saturated carbocycles. The average Bonchev–Trinajstić information content (AvgIpc) is 2.84. The van der Waals surface area contributed by atoms with E-state index in [4.69, 9.17) is 16.3 Å². The highest BCUT2D eigenvalue weighted by Gasteiger charge is 2.22. The molecule has 0 unspecified atom stereocenters. The Bertz CT molecular complexity index is 1200. The van der Waals surface area contributed by atoms with E-state index in [0.29, 0.717) is 45.1 Å². The van der Waals surface area contributed by atoms with E-state index >= 15 is 0 Å². The number of anilines is 2. The number of nitrogens with zero attached hydrogens (tertiary/aromatic N) is 2. The maximum atomic E-state index is 12.8. The summed E-state index contributed by atoms with van der Waals surface area (Å²) in [5.41, 5.74) is 2.80. The molecular weight excluding hydrogens is 586 g/mol. The molecule has 1 heterocycles. The summed E-state index contributed by atoms with van der Waals surface area (Å²) >= 11 is 12.8. The highest BCUT2D eigenvalue weighted by molar-refractivity contribution is 9.11. The van der Waals surface area contributed by atoms with E-state index in [1.165, 1.54) is 7.11 Å². The molecule has 2 amide bonds. The van der Waals surface area contributed by atoms with Crippen LogP contribution in [0.2, 0.25) is 5.02 Å². The molecule has 176 valence electrons. The van der Waals surface area contributed by atoms with Crippen LogP contribution in [0, 0.1) is 0 Å². The van der Waals surface area contributed by atoms with Crippen molar-refractivity contribution in [1.82, 2.24) is 4.90 Å². The molecular formula is C25H22Br2ClN3O3. The first kappa shape index (κ1) is 24.6. The maximum Gasteiger partial charge on any atom is 0.259 e. The Labute approximate surface area is 220 Å². The fourth-order valence-electron chi connectivity index (χ4n) is 3.83. The summed E-state index contributed by atoms with van der Waals surface area (Å²) in [5, 5.41) is 3.54. The number of nitrogens with one attached hydrogen (secondary N) is 1. The predicted molar refractivity (Wildman–Crippen MR) is 142 cm³/mol. The Morgan fingerprint density at radius 3 is 2.21 bits per heavy atom. The molecule has 34 heavy (non-hydrogen) atoms. The van der Waals surface area contributed by atoms with Crippen molar-refractivity contribution in [3.8, 4) is 5.75 Å². The van der Waals surface area contributed by atoms with Crippen molar-refractivity contribution in [2.45, 2.75) is 0 Å². The molecule has 4 rings (SSSR count). The maximum absolute atomic E-state index is 12.8. The molecule has 0 bridgehead atoms. The zero-order valence-corrected chi connectivity index (χ0v) is 22.3. The lowest BCUT2D eigenvalue weighted by molar-refractivity contribution is 0.0746. The zero-order valence-electron chi connectivity index (χ0n) is 18.4. The Morgan fingerprint density at radius 1 is 0.941 bits per heavy atom. The highest BCUT2D eigenvalue weighted by atomic mass is 79.9. The van der Waals surface area contributed by atoms with Gasteiger partial charge in [0.25, 0.3) is 11.8 Å². The number of hydrogen-bond donors (Lipinski definition) is 1. The van der Waals surface area contributed by atoms with E-state index < -0.39 is 0 Å². The summed E-state index contributed by atoms with van der Waals surface area (Å²) in [5.74, 6) is 0.230. The van der Waals surface area contributed by atoms with Crippen molar-refractivity contribution >= 4 is 66.6 Å². The Balaban J connectivity index is 1.37. The fraction of sp³-hybridized carbons (Fsp3) is 0.200. The molecule has 1 saturated heterocycles. The van der Waals surface area contributed by atoms with Gasteiger partial charge in [-0.3, -0.25) is 9.59 Å². The number of ether oxygens (including phenoxy) is 1. The van der Waals surface area contributed by atoms with Gasteiger partial charge in [-0.15, -0.1) is 0 Å². The second-order valence-corrected chi connectivity index (χ2v) is 9.96. The van der Waals surface area contributed by atoms with E-state index in [1.807, 2.05) is 35.2 Å². The van der Waals surface area contributed by atoms with Crippen molar-refractivity contribution < 1.29 is 14.3 Å². The first-order valence-electron chi connectivity index (χ1n) is 10.6. The van der Waals surface area contributed by atoms with Gasteiger partial charge in [-0.2, -0.15) is 0 Å². The third-order valence-electron chi connectivity index (χ3n) is 5.61. The van der Waals surface area contributed by atoms with Crippen LogP contribution in [0.15, 0.2) is 69.6 Å². The monoisotopic (exact) mass is 605 g/mol. The smallest absolute Gasteiger partial charge is 0.259 e. The van der Waals surface area contributed by atoms with Gasteiger partial charge in [0.1, 0.15) is 5.75 Å². The SMILES string of the molecule is COc1c(Br)cc(Br)cc1C(=O)Nc1ccc(N2CCN(C(=O)c3ccc(Cl)cc3)CC2)cc1. The molecule has 0 aliphatic carbocycles. The minimum atomic E-state index is -0.263. The van der Waals surface area contributed by atoms with E-state index in [0.717, 1.165) is 23.2 Å². The zero-order chi connectivity index (χ0) is 24.2. The Kier molecular flexibility index (Phi) is 7.80. The van der Waals surface area contributed by atoms with Crippen molar-refractivity contribution in [3.63, 3.8) is 0 Å². The third kappa shape index (κ3) is 5.56. The van der Waals surface area contributed by atoms with Crippen LogP contribution in [0.4, 0.5) is 11.4 Å². The fourth-order valence-corrected chi connectivity index (χ4v) is 5.35. The molecule has 3 aromatic rings. The molecule has 1 aliphatic rings. The number of halogens is 3. The highest BCUT2D eigenvalue weighted by Crippen LogP contribution is 2.33. The molecule has 1 N–H and O–H groups in total. The van der Waals surface area contributed by atoms with Crippen molar-refractivity contribution in [1.29, 1.82) is 0 Å². The van der Waals surface area contributed by atoms with Crippen molar-refractivity contribution in [3.05, 3.63) is 85.8 Å². The van der Waals surface area contributed by atoms with Crippen LogP contribution in [0.5, 0.6) is 5.75 Å². The van der Waals surface area contributed by atoms with Gasteiger partial charge in [0.2, 0.25) is 0 Å². The minimum Gasteiger partial charge on any atom is -0.495 e. The van der Waals surface area contributed by atoms with Crippen molar-refractivity contribution in [2.24, 2.45) is 0 Å². The Hall–Kier alpha value is -2.55. The number of amides is 2. The van der Waals surface area contributed by atoms with Crippen LogP contribution in [0.3, 0.4) is 0 Å². The number of hydrogen-bond acceptors (Lipinski definition) is 4. The lowest BCUT2D eigenvalue weighted by Gasteiger charge is -2.36. The van der Waals surface area contributed by atoms with Crippen LogP contribution >= 0.6 is 43.5 Å². The van der Waals surface area contributed by atoms with Gasteiger partial charge >= 0.3 is 0 Å². The van der Waals surface area contributed by atoms with Gasteiger partial charge in [-0.25, -0.2) is 0 Å². The average molecular weight is 608 g/mol. The molecule has 3 aromatic carbocycles. The second kappa shape index (κ2) is 10.8. The largest absolute Gasteiger partial charge is 0.495 e. The van der Waals surface area contributed by atoms with Crippen LogP contribution in [0.1, 0.15) is 20.7 Å². The van der Waals surface area contributed by atoms with Crippen LogP contribution in [-0.4, -0.2) is 50.0 Å². The minimum absolute atomic E-state index is 0.0176. The molecule has 1 fully saturated rings. The van der Waals surface area contributed by atoms with Crippen LogP contribution in [0.25, 0.3) is 0 Å². The first-order chi connectivity index (χ1) is 16.4. The van der Waals surface area contributed by atoms with E-state index in [9.17, 15) is 9.59 Å². The summed E-state index contributed by atoms with van der Waals surface area (Å²) in [6.45, 7) is 2.73. The molecule has 0 aromatic heterocycles. The topological polar surface area (TPSA) is 61.9 Å². The molecule has 0 radical (unpaired) electrons. The first-order valence-corrected chi connectivity index (χ1v) is 12.6. The van der Waals surface area contributed by atoms with Crippen LogP contribution < -0.4 is 15.0 Å². The van der Waals surface area contributed by atoms with Gasteiger partial charge in [0.15, 0.2) is 0 Å². The molecule has 0 atom stereocenters. The number of rotatable bonds is 5. The lowest BCUT2D eigenvalue weighted by Crippen LogP contribution is -2.48. The number of piperazine rings is 1. The molecule has 6 nitrogen and oxygen atoms in total. The standard InChI is InChI=1S/C25H22Br2ClN3O3/c1-34-23-21(14-17(26)15-22(23)27)24(32)29-19-6-8-20(9-7-19)30-10-12-31(13-11-30)25(33)16-2-4-18(28)5-3-16/h2-9,14-15H,10-13H2,1H3,(H,29,32). The normalized spacial score (nSPS) is 13.5. The van der Waals surface area contributed by atoms with Crippen LogP contribution in [-0.2, 0) is 0 Å². The summed E-state index contributed by atoms with van der Waals surface area (Å²) in [6, 6.07) is 18.2. The van der Waals surface area contributed by atoms with Gasteiger partial charge in [-0.05, 0) is 76.6 Å². The lowest BCUT2D eigenvalue weighted by atomic mass is 10.1. The quantitative estimate of drug-likeness (QED) is 0.382. The number of carbonyl (C=O) groups excluding carboxylic acids is 2. The Morgan fingerprint density at radius 2 is 1.59 bits per heavy atom.